The smallest absolute Gasteiger partial charge is 0.191 e. The van der Waals surface area contributed by atoms with Crippen LogP contribution in [-0.2, 0) is 25.6 Å². The number of guanidine groups is 1. The maximum absolute atomic E-state index is 4.70. The quantitative estimate of drug-likeness (QED) is 0.651. The second-order valence-corrected chi connectivity index (χ2v) is 7.31. The molecular weight excluding hydrogens is 308 g/mol. The van der Waals surface area contributed by atoms with Crippen molar-refractivity contribution in [3.63, 3.8) is 0 Å². The Morgan fingerprint density at radius 1 is 1.35 bits per heavy atom. The molecule has 0 aromatic carbocycles. The molecule has 2 heterocycles. The number of aliphatic imine (C=N–C) groups is 1. The lowest BCUT2D eigenvalue weighted by Gasteiger charge is -2.14. The van der Waals surface area contributed by atoms with Gasteiger partial charge in [0, 0.05) is 30.6 Å². The van der Waals surface area contributed by atoms with Gasteiger partial charge in [-0.25, -0.2) is 9.98 Å². The SMILES string of the molecule is CCNC(=NCc1ccnn1C)NCc1nc(C(C)(C)C)cs1. The van der Waals surface area contributed by atoms with Crippen LogP contribution in [0.25, 0.3) is 0 Å². The van der Waals surface area contributed by atoms with Crippen LogP contribution in [0, 0.1) is 0 Å². The largest absolute Gasteiger partial charge is 0.357 e. The van der Waals surface area contributed by atoms with E-state index in [0.29, 0.717) is 13.1 Å². The number of nitrogens with zero attached hydrogens (tertiary/aromatic N) is 4. The average molecular weight is 334 g/mol. The van der Waals surface area contributed by atoms with Crippen molar-refractivity contribution in [1.29, 1.82) is 0 Å². The van der Waals surface area contributed by atoms with Crippen molar-refractivity contribution in [2.75, 3.05) is 6.54 Å². The first-order valence-corrected chi connectivity index (χ1v) is 8.72. The molecule has 0 atom stereocenters. The molecule has 0 radical (unpaired) electrons. The van der Waals surface area contributed by atoms with Crippen LogP contribution in [0.3, 0.4) is 0 Å². The van der Waals surface area contributed by atoms with Gasteiger partial charge in [0.15, 0.2) is 5.96 Å². The fourth-order valence-electron chi connectivity index (χ4n) is 1.95. The molecule has 6 nitrogen and oxygen atoms in total. The van der Waals surface area contributed by atoms with Crippen molar-refractivity contribution in [2.45, 2.75) is 46.2 Å². The van der Waals surface area contributed by atoms with Crippen LogP contribution in [0.4, 0.5) is 0 Å². The molecule has 7 heteroatoms. The van der Waals surface area contributed by atoms with Crippen LogP contribution in [0.15, 0.2) is 22.6 Å². The van der Waals surface area contributed by atoms with Gasteiger partial charge in [0.25, 0.3) is 0 Å². The summed E-state index contributed by atoms with van der Waals surface area (Å²) in [6.45, 7) is 10.7. The Bertz CT molecular complexity index is 650. The lowest BCUT2D eigenvalue weighted by molar-refractivity contribution is 0.570. The molecule has 126 valence electrons. The number of aromatic nitrogens is 3. The zero-order chi connectivity index (χ0) is 16.9. The van der Waals surface area contributed by atoms with Crippen LogP contribution < -0.4 is 10.6 Å². The molecule has 2 aromatic rings. The van der Waals surface area contributed by atoms with Crippen LogP contribution in [-0.4, -0.2) is 27.3 Å². The summed E-state index contributed by atoms with van der Waals surface area (Å²) in [6.07, 6.45) is 1.79. The molecule has 0 aliphatic carbocycles. The highest BCUT2D eigenvalue weighted by Gasteiger charge is 2.17. The van der Waals surface area contributed by atoms with E-state index in [2.05, 4.69) is 53.8 Å². The molecule has 2 N–H and O–H groups in total. The summed E-state index contributed by atoms with van der Waals surface area (Å²) in [5.74, 6) is 0.793. The second kappa shape index (κ2) is 7.59. The van der Waals surface area contributed by atoms with Gasteiger partial charge in [-0.3, -0.25) is 4.68 Å². The molecule has 0 aliphatic rings. The van der Waals surface area contributed by atoms with Crippen molar-refractivity contribution in [1.82, 2.24) is 25.4 Å². The van der Waals surface area contributed by atoms with Gasteiger partial charge in [-0.2, -0.15) is 5.10 Å². The van der Waals surface area contributed by atoms with E-state index >= 15 is 0 Å². The van der Waals surface area contributed by atoms with E-state index in [1.165, 1.54) is 0 Å². The lowest BCUT2D eigenvalue weighted by Crippen LogP contribution is -2.36. The summed E-state index contributed by atoms with van der Waals surface area (Å²) >= 11 is 1.68. The van der Waals surface area contributed by atoms with Gasteiger partial charge in [-0.05, 0) is 13.0 Å². The number of thiazole rings is 1. The molecule has 0 spiro atoms. The highest BCUT2D eigenvalue weighted by Crippen LogP contribution is 2.23. The van der Waals surface area contributed by atoms with Crippen LogP contribution >= 0.6 is 11.3 Å². The second-order valence-electron chi connectivity index (χ2n) is 6.37. The van der Waals surface area contributed by atoms with Crippen molar-refractivity contribution in [3.8, 4) is 0 Å². The Morgan fingerprint density at radius 2 is 2.13 bits per heavy atom. The third kappa shape index (κ3) is 5.06. The number of rotatable bonds is 5. The predicted octanol–water partition coefficient (Wildman–Crippen LogP) is 2.43. The van der Waals surface area contributed by atoms with Gasteiger partial charge in [0.1, 0.15) is 5.01 Å². The molecule has 2 aromatic heterocycles. The van der Waals surface area contributed by atoms with Gasteiger partial charge in [-0.1, -0.05) is 20.8 Å². The topological polar surface area (TPSA) is 67.1 Å². The highest BCUT2D eigenvalue weighted by molar-refractivity contribution is 7.09. The standard InChI is InChI=1S/C16H26N6S/c1-6-17-15(18-9-12-7-8-20-22(12)5)19-10-14-21-13(11-23-14)16(2,3)4/h7-8,11H,6,9-10H2,1-5H3,(H2,17,18,19). The summed E-state index contributed by atoms with van der Waals surface area (Å²) in [5.41, 5.74) is 2.30. The maximum atomic E-state index is 4.70. The number of hydrogen-bond donors (Lipinski definition) is 2. The van der Waals surface area contributed by atoms with Gasteiger partial charge in [0.2, 0.25) is 0 Å². The van der Waals surface area contributed by atoms with E-state index in [0.717, 1.165) is 28.9 Å². The molecule has 2 rings (SSSR count). The summed E-state index contributed by atoms with van der Waals surface area (Å²) in [6, 6.07) is 1.98. The highest BCUT2D eigenvalue weighted by atomic mass is 32.1. The Kier molecular flexibility index (Phi) is 5.76. The summed E-state index contributed by atoms with van der Waals surface area (Å²) in [4.78, 5) is 9.29. The first-order chi connectivity index (χ1) is 10.9. The van der Waals surface area contributed by atoms with Gasteiger partial charge < -0.3 is 10.6 Å². The molecule has 0 bridgehead atoms. The third-order valence-electron chi connectivity index (χ3n) is 3.39. The minimum absolute atomic E-state index is 0.0901. The van der Waals surface area contributed by atoms with Crippen molar-refractivity contribution >= 4 is 17.3 Å². The average Bonchev–Trinajstić information content (AvgIpc) is 3.10. The van der Waals surface area contributed by atoms with E-state index in [9.17, 15) is 0 Å². The zero-order valence-electron chi connectivity index (χ0n) is 14.6. The Hall–Kier alpha value is -1.89. The third-order valence-corrected chi connectivity index (χ3v) is 4.24. The zero-order valence-corrected chi connectivity index (χ0v) is 15.4. The predicted molar refractivity (Wildman–Crippen MR) is 95.7 cm³/mol. The number of nitrogens with one attached hydrogen (secondary N) is 2. The van der Waals surface area contributed by atoms with Crippen molar-refractivity contribution in [2.24, 2.45) is 12.0 Å². The van der Waals surface area contributed by atoms with E-state index in [-0.39, 0.29) is 5.41 Å². The van der Waals surface area contributed by atoms with Crippen molar-refractivity contribution in [3.05, 3.63) is 34.0 Å². The number of aryl methyl sites for hydroxylation is 1. The summed E-state index contributed by atoms with van der Waals surface area (Å²) in [5, 5.41) is 14.0. The van der Waals surface area contributed by atoms with E-state index in [4.69, 9.17) is 4.98 Å². The fourth-order valence-corrected chi connectivity index (χ4v) is 2.91. The molecule has 0 fully saturated rings. The maximum Gasteiger partial charge on any atom is 0.191 e. The molecule has 0 aliphatic heterocycles. The molecule has 0 amide bonds. The molecule has 23 heavy (non-hydrogen) atoms. The first kappa shape index (κ1) is 17.5. The van der Waals surface area contributed by atoms with E-state index in [1.54, 1.807) is 17.5 Å². The minimum Gasteiger partial charge on any atom is -0.357 e. The van der Waals surface area contributed by atoms with Gasteiger partial charge >= 0.3 is 0 Å². The van der Waals surface area contributed by atoms with E-state index in [1.807, 2.05) is 17.8 Å². The summed E-state index contributed by atoms with van der Waals surface area (Å²) < 4.78 is 1.84. The monoisotopic (exact) mass is 334 g/mol. The number of hydrogen-bond acceptors (Lipinski definition) is 4. The fraction of sp³-hybridized carbons (Fsp3) is 0.562. The van der Waals surface area contributed by atoms with E-state index < -0.39 is 0 Å². The Morgan fingerprint density at radius 3 is 2.70 bits per heavy atom. The van der Waals surface area contributed by atoms with Crippen LogP contribution in [0.2, 0.25) is 0 Å². The lowest BCUT2D eigenvalue weighted by atomic mass is 9.93. The first-order valence-electron chi connectivity index (χ1n) is 7.84. The molecular formula is C16H26N6S. The van der Waals surface area contributed by atoms with Crippen molar-refractivity contribution < 1.29 is 0 Å². The van der Waals surface area contributed by atoms with Crippen LogP contribution in [0.1, 0.15) is 44.1 Å². The normalized spacial score (nSPS) is 12.5. The minimum atomic E-state index is 0.0901. The molecule has 0 unspecified atom stereocenters. The molecule has 0 saturated heterocycles. The van der Waals surface area contributed by atoms with Crippen LogP contribution in [0.5, 0.6) is 0 Å². The Balaban J connectivity index is 1.96. The Labute approximate surface area is 142 Å². The van der Waals surface area contributed by atoms with Gasteiger partial charge in [0.05, 0.1) is 24.5 Å². The van der Waals surface area contributed by atoms with Gasteiger partial charge in [-0.15, -0.1) is 11.3 Å². The summed E-state index contributed by atoms with van der Waals surface area (Å²) in [7, 11) is 1.93. The molecule has 0 saturated carbocycles.